The molecule has 0 aliphatic rings. The molecule has 0 radical (unpaired) electrons. The lowest BCUT2D eigenvalue weighted by Gasteiger charge is -2.07. The molecule has 96 valence electrons. The first-order valence-electron chi connectivity index (χ1n) is 5.89. The van der Waals surface area contributed by atoms with Gasteiger partial charge in [-0.15, -0.1) is 11.3 Å². The van der Waals surface area contributed by atoms with E-state index < -0.39 is 0 Å². The van der Waals surface area contributed by atoms with Gasteiger partial charge >= 0.3 is 0 Å². The Hall–Kier alpha value is -2.21. The van der Waals surface area contributed by atoms with Crippen LogP contribution in [0.15, 0.2) is 29.6 Å². The number of nitrogens with two attached hydrogens (primary N) is 1. The fourth-order valence-electron chi connectivity index (χ4n) is 1.81. The van der Waals surface area contributed by atoms with E-state index in [1.54, 1.807) is 11.3 Å². The zero-order valence-electron chi connectivity index (χ0n) is 10.4. The lowest BCUT2D eigenvalue weighted by Crippen LogP contribution is -2.06. The minimum absolute atomic E-state index is 0.408. The largest absolute Gasteiger partial charge is 0.381 e. The average Bonchev–Trinajstić information content (AvgIpc) is 2.82. The predicted octanol–water partition coefficient (Wildman–Crippen LogP) is 2.59. The smallest absolute Gasteiger partial charge is 0.169 e. The molecule has 0 spiro atoms. The summed E-state index contributed by atoms with van der Waals surface area (Å²) in [6.45, 7) is 2.58. The van der Waals surface area contributed by atoms with Crippen molar-refractivity contribution in [2.24, 2.45) is 0 Å². The van der Waals surface area contributed by atoms with Crippen LogP contribution in [0.3, 0.4) is 0 Å². The zero-order valence-corrected chi connectivity index (χ0v) is 11.2. The highest BCUT2D eigenvalue weighted by atomic mass is 32.1. The molecular weight excluding hydrogens is 258 g/mol. The summed E-state index contributed by atoms with van der Waals surface area (Å²) in [7, 11) is 0. The summed E-state index contributed by atoms with van der Waals surface area (Å²) < 4.78 is 0. The van der Waals surface area contributed by atoms with E-state index in [9.17, 15) is 0 Å². The molecule has 0 unspecified atom stereocenters. The normalized spacial score (nSPS) is 10.8. The quantitative estimate of drug-likeness (QED) is 0.765. The van der Waals surface area contributed by atoms with Gasteiger partial charge < -0.3 is 11.1 Å². The van der Waals surface area contributed by atoms with E-state index in [0.29, 0.717) is 18.2 Å². The summed E-state index contributed by atoms with van der Waals surface area (Å²) in [6.07, 6.45) is 0. The molecule has 0 atom stereocenters. The maximum Gasteiger partial charge on any atom is 0.169 e. The zero-order chi connectivity index (χ0) is 13.2. The number of rotatable bonds is 3. The summed E-state index contributed by atoms with van der Waals surface area (Å²) in [4.78, 5) is 13.2. The van der Waals surface area contributed by atoms with Gasteiger partial charge in [-0.05, 0) is 19.1 Å². The number of hydrogen-bond donors (Lipinski definition) is 2. The van der Waals surface area contributed by atoms with Gasteiger partial charge in [0.2, 0.25) is 0 Å². The molecule has 2 heterocycles. The molecule has 2 aromatic heterocycles. The maximum atomic E-state index is 5.90. The minimum Gasteiger partial charge on any atom is -0.381 e. The Labute approximate surface area is 114 Å². The van der Waals surface area contributed by atoms with Gasteiger partial charge in [0.15, 0.2) is 11.6 Å². The van der Waals surface area contributed by atoms with Crippen molar-refractivity contribution in [1.82, 2.24) is 15.0 Å². The van der Waals surface area contributed by atoms with Crippen LogP contribution in [0.2, 0.25) is 0 Å². The van der Waals surface area contributed by atoms with Gasteiger partial charge in [-0.1, -0.05) is 12.1 Å². The number of para-hydroxylation sites is 2. The van der Waals surface area contributed by atoms with Gasteiger partial charge in [0.1, 0.15) is 0 Å². The van der Waals surface area contributed by atoms with Crippen molar-refractivity contribution >= 4 is 34.0 Å². The third-order valence-corrected chi connectivity index (χ3v) is 3.52. The number of fused-ring (bicyclic) bond motifs is 1. The second kappa shape index (κ2) is 4.81. The van der Waals surface area contributed by atoms with Gasteiger partial charge in [0.25, 0.3) is 0 Å². The molecule has 3 N–H and O–H groups in total. The van der Waals surface area contributed by atoms with Crippen LogP contribution in [-0.4, -0.2) is 15.0 Å². The summed E-state index contributed by atoms with van der Waals surface area (Å²) in [6, 6.07) is 7.66. The Morgan fingerprint density at radius 2 is 1.89 bits per heavy atom. The van der Waals surface area contributed by atoms with Crippen LogP contribution in [0.25, 0.3) is 11.0 Å². The summed E-state index contributed by atoms with van der Waals surface area (Å²) in [5.41, 5.74) is 8.51. The van der Waals surface area contributed by atoms with E-state index in [2.05, 4.69) is 20.3 Å². The number of nitrogens with zero attached hydrogens (tertiary/aromatic N) is 3. The second-order valence-corrected chi connectivity index (χ2v) is 5.22. The van der Waals surface area contributed by atoms with Crippen LogP contribution in [0.1, 0.15) is 10.7 Å². The second-order valence-electron chi connectivity index (χ2n) is 4.16. The van der Waals surface area contributed by atoms with Crippen molar-refractivity contribution in [2.75, 3.05) is 11.1 Å². The molecule has 19 heavy (non-hydrogen) atoms. The highest BCUT2D eigenvalue weighted by Gasteiger charge is 2.06. The van der Waals surface area contributed by atoms with Crippen LogP contribution < -0.4 is 11.1 Å². The molecule has 0 amide bonds. The molecule has 0 saturated carbocycles. The highest BCUT2D eigenvalue weighted by molar-refractivity contribution is 7.09. The van der Waals surface area contributed by atoms with E-state index in [0.717, 1.165) is 21.7 Å². The van der Waals surface area contributed by atoms with Crippen molar-refractivity contribution in [1.29, 1.82) is 0 Å². The number of aryl methyl sites for hydroxylation is 1. The topological polar surface area (TPSA) is 76.7 Å². The third-order valence-electron chi connectivity index (χ3n) is 2.70. The molecule has 0 aliphatic heterocycles. The standard InChI is InChI=1S/C13H13N5S/c1-8-16-9(7-19-8)6-15-13-12(14)17-10-4-2-3-5-11(10)18-13/h2-5,7H,6H2,1H3,(H2,14,17)(H,15,18). The Kier molecular flexibility index (Phi) is 3.00. The number of thiazole rings is 1. The predicted molar refractivity (Wildman–Crippen MR) is 78.1 cm³/mol. The number of aromatic nitrogens is 3. The van der Waals surface area contributed by atoms with Gasteiger partial charge in [0.05, 0.1) is 28.3 Å². The molecule has 1 aromatic carbocycles. The lowest BCUT2D eigenvalue weighted by molar-refractivity contribution is 1.04. The van der Waals surface area contributed by atoms with Crippen molar-refractivity contribution in [3.63, 3.8) is 0 Å². The van der Waals surface area contributed by atoms with Crippen molar-refractivity contribution in [3.8, 4) is 0 Å². The molecule has 3 aromatic rings. The molecule has 0 saturated heterocycles. The van der Waals surface area contributed by atoms with E-state index >= 15 is 0 Å². The Morgan fingerprint density at radius 3 is 2.58 bits per heavy atom. The van der Waals surface area contributed by atoms with Crippen LogP contribution in [0.4, 0.5) is 11.6 Å². The fourth-order valence-corrected chi connectivity index (χ4v) is 2.42. The summed E-state index contributed by atoms with van der Waals surface area (Å²) in [5.74, 6) is 1.01. The van der Waals surface area contributed by atoms with Crippen LogP contribution >= 0.6 is 11.3 Å². The number of nitrogen functional groups attached to an aromatic ring is 1. The Bertz CT molecular complexity index is 722. The van der Waals surface area contributed by atoms with E-state index in [4.69, 9.17) is 5.73 Å². The van der Waals surface area contributed by atoms with E-state index in [-0.39, 0.29) is 0 Å². The molecule has 0 fully saturated rings. The van der Waals surface area contributed by atoms with Gasteiger partial charge in [-0.25, -0.2) is 15.0 Å². The number of hydrogen-bond acceptors (Lipinski definition) is 6. The third kappa shape index (κ3) is 2.48. The average molecular weight is 271 g/mol. The van der Waals surface area contributed by atoms with E-state index in [1.165, 1.54) is 0 Å². The minimum atomic E-state index is 0.408. The van der Waals surface area contributed by atoms with Gasteiger partial charge in [-0.2, -0.15) is 0 Å². The van der Waals surface area contributed by atoms with Crippen molar-refractivity contribution in [3.05, 3.63) is 40.3 Å². The van der Waals surface area contributed by atoms with Crippen LogP contribution in [0.5, 0.6) is 0 Å². The fraction of sp³-hybridized carbons (Fsp3) is 0.154. The van der Waals surface area contributed by atoms with Gasteiger partial charge in [0, 0.05) is 5.38 Å². The SMILES string of the molecule is Cc1nc(CNc2nc3ccccc3nc2N)cs1. The first-order chi connectivity index (χ1) is 9.22. The van der Waals surface area contributed by atoms with Crippen molar-refractivity contribution < 1.29 is 0 Å². The number of nitrogens with one attached hydrogen (secondary N) is 1. The number of anilines is 2. The summed E-state index contributed by atoms with van der Waals surface area (Å²) in [5, 5.41) is 6.25. The first kappa shape index (κ1) is 11.9. The maximum absolute atomic E-state index is 5.90. The lowest BCUT2D eigenvalue weighted by atomic mass is 10.3. The Morgan fingerprint density at radius 1 is 1.16 bits per heavy atom. The molecule has 0 aliphatic carbocycles. The first-order valence-corrected chi connectivity index (χ1v) is 6.77. The van der Waals surface area contributed by atoms with Crippen LogP contribution in [0, 0.1) is 6.92 Å². The number of benzene rings is 1. The van der Waals surface area contributed by atoms with E-state index in [1.807, 2.05) is 36.6 Å². The summed E-state index contributed by atoms with van der Waals surface area (Å²) >= 11 is 1.63. The molecule has 0 bridgehead atoms. The van der Waals surface area contributed by atoms with Crippen LogP contribution in [-0.2, 0) is 6.54 Å². The Balaban J connectivity index is 1.86. The molecule has 6 heteroatoms. The molecular formula is C13H13N5S. The molecule has 3 rings (SSSR count). The highest BCUT2D eigenvalue weighted by Crippen LogP contribution is 2.19. The monoisotopic (exact) mass is 271 g/mol. The molecule has 5 nitrogen and oxygen atoms in total. The van der Waals surface area contributed by atoms with Crippen molar-refractivity contribution in [2.45, 2.75) is 13.5 Å². The van der Waals surface area contributed by atoms with Gasteiger partial charge in [-0.3, -0.25) is 0 Å².